The molecule has 0 unspecified atom stereocenters. The van der Waals surface area contributed by atoms with Gasteiger partial charge in [-0.15, -0.1) is 0 Å². The van der Waals surface area contributed by atoms with Crippen LogP contribution in [0.1, 0.15) is 49.3 Å². The van der Waals surface area contributed by atoms with Crippen molar-refractivity contribution in [3.8, 4) is 0 Å². The van der Waals surface area contributed by atoms with Gasteiger partial charge in [-0.1, -0.05) is 25.1 Å². The predicted molar refractivity (Wildman–Crippen MR) is 112 cm³/mol. The molecule has 0 atom stereocenters. The van der Waals surface area contributed by atoms with Crippen molar-refractivity contribution < 1.29 is 19.1 Å². The zero-order valence-electron chi connectivity index (χ0n) is 18.0. The smallest absolute Gasteiger partial charge is 0.339 e. The van der Waals surface area contributed by atoms with E-state index in [9.17, 15) is 14.4 Å². The molecule has 7 heteroatoms. The molecule has 0 radical (unpaired) electrons. The van der Waals surface area contributed by atoms with Gasteiger partial charge < -0.3 is 15.0 Å². The van der Waals surface area contributed by atoms with Crippen molar-refractivity contribution in [2.24, 2.45) is 0 Å². The third-order valence-corrected chi connectivity index (χ3v) is 4.42. The molecule has 2 rings (SSSR count). The van der Waals surface area contributed by atoms with Crippen molar-refractivity contribution in [3.63, 3.8) is 0 Å². The fraction of sp³-hybridized carbons (Fsp3) is 0.455. The highest BCUT2D eigenvalue weighted by Gasteiger charge is 2.22. The molecule has 0 saturated heterocycles. The SMILES string of the molecule is CCc1nc2ccccc2c(C(=O)OCC(=O)N(C)CC(=O)NC(C)(C)C)c1C. The Labute approximate surface area is 171 Å². The average molecular weight is 399 g/mol. The number of benzene rings is 1. The highest BCUT2D eigenvalue weighted by Crippen LogP contribution is 2.24. The average Bonchev–Trinajstić information content (AvgIpc) is 2.63. The van der Waals surface area contributed by atoms with Gasteiger partial charge in [0, 0.05) is 23.7 Å². The number of nitrogens with zero attached hydrogens (tertiary/aromatic N) is 2. The molecule has 29 heavy (non-hydrogen) atoms. The van der Waals surface area contributed by atoms with Crippen LogP contribution in [-0.2, 0) is 20.7 Å². The van der Waals surface area contributed by atoms with E-state index in [2.05, 4.69) is 10.3 Å². The number of para-hydroxylation sites is 1. The van der Waals surface area contributed by atoms with E-state index in [0.717, 1.165) is 11.3 Å². The molecule has 1 heterocycles. The molecule has 0 bridgehead atoms. The highest BCUT2D eigenvalue weighted by atomic mass is 16.5. The molecular formula is C22H29N3O4. The number of amides is 2. The standard InChI is InChI=1S/C22H29N3O4/c1-7-16-14(2)20(15-10-8-9-11-17(15)23-16)21(28)29-13-19(27)25(6)12-18(26)24-22(3,4)5/h8-11H,7,12-13H2,1-6H3,(H,24,26). The topological polar surface area (TPSA) is 88.6 Å². The van der Waals surface area contributed by atoms with E-state index in [1.807, 2.05) is 58.9 Å². The number of likely N-dealkylation sites (N-methyl/N-ethyl adjacent to an activating group) is 1. The Bertz CT molecular complexity index is 932. The van der Waals surface area contributed by atoms with Crippen LogP contribution in [0.2, 0.25) is 0 Å². The van der Waals surface area contributed by atoms with E-state index in [1.165, 1.54) is 11.9 Å². The van der Waals surface area contributed by atoms with Crippen molar-refractivity contribution in [1.29, 1.82) is 0 Å². The van der Waals surface area contributed by atoms with Crippen molar-refractivity contribution >= 4 is 28.7 Å². The molecular weight excluding hydrogens is 370 g/mol. The number of aryl methyl sites for hydroxylation is 1. The Hall–Kier alpha value is -2.96. The second-order valence-corrected chi connectivity index (χ2v) is 8.05. The Morgan fingerprint density at radius 2 is 1.83 bits per heavy atom. The molecule has 1 N–H and O–H groups in total. The van der Waals surface area contributed by atoms with Crippen LogP contribution >= 0.6 is 0 Å². The number of esters is 1. The number of fused-ring (bicyclic) bond motifs is 1. The summed E-state index contributed by atoms with van der Waals surface area (Å²) in [6, 6.07) is 7.35. The number of aromatic nitrogens is 1. The number of nitrogens with one attached hydrogen (secondary N) is 1. The number of hydrogen-bond acceptors (Lipinski definition) is 5. The van der Waals surface area contributed by atoms with Crippen LogP contribution in [0.3, 0.4) is 0 Å². The molecule has 0 fully saturated rings. The summed E-state index contributed by atoms with van der Waals surface area (Å²) in [4.78, 5) is 42.9. The molecule has 1 aromatic heterocycles. The minimum Gasteiger partial charge on any atom is -0.452 e. The maximum Gasteiger partial charge on any atom is 0.339 e. The Morgan fingerprint density at radius 3 is 2.45 bits per heavy atom. The Morgan fingerprint density at radius 1 is 1.17 bits per heavy atom. The summed E-state index contributed by atoms with van der Waals surface area (Å²) < 4.78 is 5.29. The summed E-state index contributed by atoms with van der Waals surface area (Å²) in [5.41, 5.74) is 2.32. The van der Waals surface area contributed by atoms with Gasteiger partial charge in [-0.2, -0.15) is 0 Å². The molecule has 2 aromatic rings. The van der Waals surface area contributed by atoms with Crippen LogP contribution in [0.25, 0.3) is 10.9 Å². The van der Waals surface area contributed by atoms with Crippen LogP contribution < -0.4 is 5.32 Å². The first-order chi connectivity index (χ1) is 13.5. The summed E-state index contributed by atoms with van der Waals surface area (Å²) in [6.45, 7) is 8.85. The lowest BCUT2D eigenvalue weighted by molar-refractivity contribution is -0.137. The van der Waals surface area contributed by atoms with Gasteiger partial charge in [0.05, 0.1) is 17.6 Å². The zero-order valence-corrected chi connectivity index (χ0v) is 18.0. The number of ether oxygens (including phenoxy) is 1. The molecule has 0 saturated carbocycles. The summed E-state index contributed by atoms with van der Waals surface area (Å²) in [7, 11) is 1.50. The monoisotopic (exact) mass is 399 g/mol. The Kier molecular flexibility index (Phi) is 6.95. The fourth-order valence-electron chi connectivity index (χ4n) is 3.04. The second-order valence-electron chi connectivity index (χ2n) is 8.05. The highest BCUT2D eigenvalue weighted by molar-refractivity contribution is 6.05. The second kappa shape index (κ2) is 9.03. The van der Waals surface area contributed by atoms with E-state index in [0.29, 0.717) is 22.9 Å². The van der Waals surface area contributed by atoms with E-state index in [-0.39, 0.29) is 18.0 Å². The molecule has 7 nitrogen and oxygen atoms in total. The molecule has 0 spiro atoms. The Balaban J connectivity index is 2.10. The van der Waals surface area contributed by atoms with E-state index in [4.69, 9.17) is 4.74 Å². The zero-order chi connectivity index (χ0) is 21.8. The molecule has 0 aliphatic rings. The summed E-state index contributed by atoms with van der Waals surface area (Å²) in [6.07, 6.45) is 0.682. The van der Waals surface area contributed by atoms with E-state index >= 15 is 0 Å². The van der Waals surface area contributed by atoms with Crippen molar-refractivity contribution in [2.75, 3.05) is 20.2 Å². The number of pyridine rings is 1. The van der Waals surface area contributed by atoms with Crippen LogP contribution in [0.4, 0.5) is 0 Å². The van der Waals surface area contributed by atoms with Gasteiger partial charge >= 0.3 is 5.97 Å². The third-order valence-electron chi connectivity index (χ3n) is 4.42. The number of hydrogen-bond donors (Lipinski definition) is 1. The van der Waals surface area contributed by atoms with Gasteiger partial charge in [0.15, 0.2) is 6.61 Å². The molecule has 1 aromatic carbocycles. The molecule has 0 aliphatic heterocycles. The predicted octanol–water partition coefficient (Wildman–Crippen LogP) is 2.64. The van der Waals surface area contributed by atoms with Crippen LogP contribution in [0.5, 0.6) is 0 Å². The first-order valence-electron chi connectivity index (χ1n) is 9.63. The van der Waals surface area contributed by atoms with Crippen molar-refractivity contribution in [2.45, 2.75) is 46.6 Å². The van der Waals surface area contributed by atoms with Crippen molar-refractivity contribution in [3.05, 3.63) is 41.1 Å². The van der Waals surface area contributed by atoms with Gasteiger partial charge in [0.1, 0.15) is 0 Å². The van der Waals surface area contributed by atoms with E-state index in [1.54, 1.807) is 0 Å². The normalized spacial score (nSPS) is 11.2. The third kappa shape index (κ3) is 5.76. The van der Waals surface area contributed by atoms with Crippen LogP contribution in [-0.4, -0.2) is 53.4 Å². The lowest BCUT2D eigenvalue weighted by atomic mass is 10.0. The minimum atomic E-state index is -0.573. The van der Waals surface area contributed by atoms with Crippen LogP contribution in [0, 0.1) is 6.92 Å². The summed E-state index contributed by atoms with van der Waals surface area (Å²) in [5, 5.41) is 3.48. The lowest BCUT2D eigenvalue weighted by Gasteiger charge is -2.23. The van der Waals surface area contributed by atoms with Gasteiger partial charge in [0.2, 0.25) is 5.91 Å². The summed E-state index contributed by atoms with van der Waals surface area (Å²) >= 11 is 0. The lowest BCUT2D eigenvalue weighted by Crippen LogP contribution is -2.46. The van der Waals surface area contributed by atoms with Gasteiger partial charge in [-0.05, 0) is 45.7 Å². The van der Waals surface area contributed by atoms with Gasteiger partial charge in [-0.25, -0.2) is 4.79 Å². The summed E-state index contributed by atoms with van der Waals surface area (Å²) in [5.74, 6) is -1.30. The fourth-order valence-corrected chi connectivity index (χ4v) is 3.04. The first-order valence-corrected chi connectivity index (χ1v) is 9.63. The number of carbonyl (C=O) groups is 3. The largest absolute Gasteiger partial charge is 0.452 e. The number of carbonyl (C=O) groups excluding carboxylic acids is 3. The molecule has 156 valence electrons. The molecule has 0 aliphatic carbocycles. The van der Waals surface area contributed by atoms with Gasteiger partial charge in [-0.3, -0.25) is 14.6 Å². The minimum absolute atomic E-state index is 0.106. The van der Waals surface area contributed by atoms with Crippen LogP contribution in [0.15, 0.2) is 24.3 Å². The quantitative estimate of drug-likeness (QED) is 0.755. The first kappa shape index (κ1) is 22.3. The van der Waals surface area contributed by atoms with Crippen molar-refractivity contribution in [1.82, 2.24) is 15.2 Å². The maximum absolute atomic E-state index is 12.8. The maximum atomic E-state index is 12.8. The van der Waals surface area contributed by atoms with E-state index < -0.39 is 18.5 Å². The molecule has 2 amide bonds. The van der Waals surface area contributed by atoms with Gasteiger partial charge in [0.25, 0.3) is 5.91 Å². The number of rotatable bonds is 6.